The minimum atomic E-state index is -0.632. The Morgan fingerprint density at radius 2 is 1.83 bits per heavy atom. The maximum absolute atomic E-state index is 14.8. The number of benzene rings is 2. The van der Waals surface area contributed by atoms with Crippen LogP contribution in [0, 0.1) is 12.7 Å². The molecule has 2 heterocycles. The topological polar surface area (TPSA) is 107 Å². The number of nitrogens with one attached hydrogen (secondary N) is 2. The van der Waals surface area contributed by atoms with Crippen molar-refractivity contribution >= 4 is 17.5 Å². The van der Waals surface area contributed by atoms with Gasteiger partial charge in [-0.15, -0.1) is 0 Å². The minimum Gasteiger partial charge on any atom is -0.457 e. The quantitative estimate of drug-likeness (QED) is 0.313. The number of anilines is 2. The van der Waals surface area contributed by atoms with Gasteiger partial charge in [-0.25, -0.2) is 13.9 Å². The average Bonchev–Trinajstić information content (AvgIpc) is 3.25. The molecule has 2 aromatic carbocycles. The van der Waals surface area contributed by atoms with Crippen LogP contribution in [0.2, 0.25) is 0 Å². The zero-order valence-corrected chi connectivity index (χ0v) is 20.7. The van der Waals surface area contributed by atoms with Crippen LogP contribution in [0.1, 0.15) is 37.7 Å². The molecule has 0 unspecified atom stereocenters. The van der Waals surface area contributed by atoms with Crippen LogP contribution in [0.5, 0.6) is 11.5 Å². The molecule has 2 amide bonds. The van der Waals surface area contributed by atoms with Gasteiger partial charge in [0.15, 0.2) is 0 Å². The molecule has 0 radical (unpaired) electrons. The minimum absolute atomic E-state index is 0.0120. The van der Waals surface area contributed by atoms with E-state index in [4.69, 9.17) is 15.6 Å². The van der Waals surface area contributed by atoms with E-state index in [0.717, 1.165) is 22.6 Å². The van der Waals surface area contributed by atoms with E-state index in [2.05, 4.69) is 15.6 Å². The lowest BCUT2D eigenvalue weighted by Crippen LogP contribution is -2.22. The highest BCUT2D eigenvalue weighted by molar-refractivity contribution is 5.99. The molecule has 0 spiro atoms. The number of aryl methyl sites for hydroxylation is 1. The number of hydrogen-bond donors (Lipinski definition) is 3. The van der Waals surface area contributed by atoms with Crippen LogP contribution in [0.3, 0.4) is 0 Å². The predicted molar refractivity (Wildman–Crippen MR) is 138 cm³/mol. The predicted octanol–water partition coefficient (Wildman–Crippen LogP) is 5.91. The van der Waals surface area contributed by atoms with Crippen molar-refractivity contribution in [2.75, 3.05) is 10.6 Å². The largest absolute Gasteiger partial charge is 0.457 e. The molecule has 0 fully saturated rings. The van der Waals surface area contributed by atoms with Gasteiger partial charge in [0.05, 0.1) is 17.1 Å². The van der Waals surface area contributed by atoms with Crippen LogP contribution in [0.25, 0.3) is 5.69 Å². The van der Waals surface area contributed by atoms with E-state index < -0.39 is 11.8 Å². The summed E-state index contributed by atoms with van der Waals surface area (Å²) in [6.45, 7) is 8.32. The molecule has 36 heavy (non-hydrogen) atoms. The molecule has 0 aliphatic heterocycles. The summed E-state index contributed by atoms with van der Waals surface area (Å²) in [6, 6.07) is 16.5. The van der Waals surface area contributed by atoms with E-state index in [1.807, 2.05) is 52.0 Å². The summed E-state index contributed by atoms with van der Waals surface area (Å²) in [7, 11) is 0. The Morgan fingerprint density at radius 1 is 1.06 bits per heavy atom. The Hall–Kier alpha value is -4.24. The number of nitrogens with zero attached hydrogens (tertiary/aromatic N) is 3. The van der Waals surface area contributed by atoms with Gasteiger partial charge in [0.1, 0.15) is 23.1 Å². The second-order valence-electron chi connectivity index (χ2n) is 9.41. The van der Waals surface area contributed by atoms with Crippen LogP contribution in [-0.4, -0.2) is 20.8 Å². The maximum Gasteiger partial charge on any atom is 0.324 e. The molecule has 0 aliphatic carbocycles. The monoisotopic (exact) mass is 488 g/mol. The van der Waals surface area contributed by atoms with Crippen molar-refractivity contribution < 1.29 is 13.9 Å². The van der Waals surface area contributed by atoms with E-state index >= 15 is 0 Å². The Bertz CT molecular complexity index is 1390. The number of carbonyl (C=O) groups excluding carboxylic acids is 1. The van der Waals surface area contributed by atoms with Crippen LogP contribution < -0.4 is 21.1 Å². The summed E-state index contributed by atoms with van der Waals surface area (Å²) in [6.07, 6.45) is 1.61. The van der Waals surface area contributed by atoms with Gasteiger partial charge < -0.3 is 15.8 Å². The van der Waals surface area contributed by atoms with E-state index in [0.29, 0.717) is 23.9 Å². The van der Waals surface area contributed by atoms with Gasteiger partial charge in [-0.3, -0.25) is 10.3 Å². The van der Waals surface area contributed by atoms with Gasteiger partial charge >= 0.3 is 6.03 Å². The second-order valence-corrected chi connectivity index (χ2v) is 9.41. The summed E-state index contributed by atoms with van der Waals surface area (Å²) in [5.41, 5.74) is 8.81. The van der Waals surface area contributed by atoms with Gasteiger partial charge in [-0.05, 0) is 42.8 Å². The number of hydrogen-bond acceptors (Lipinski definition) is 5. The Balaban J connectivity index is 1.53. The van der Waals surface area contributed by atoms with Crippen LogP contribution >= 0.6 is 0 Å². The molecule has 4 N–H and O–H groups in total. The van der Waals surface area contributed by atoms with Crippen LogP contribution in [0.4, 0.5) is 20.7 Å². The van der Waals surface area contributed by atoms with E-state index in [1.165, 1.54) is 12.1 Å². The van der Waals surface area contributed by atoms with Gasteiger partial charge in [0.25, 0.3) is 0 Å². The number of aromatic nitrogens is 3. The third-order valence-corrected chi connectivity index (χ3v) is 5.40. The third kappa shape index (κ3) is 5.87. The Kier molecular flexibility index (Phi) is 7.03. The number of amides is 2. The Labute approximate surface area is 209 Å². The molecule has 9 heteroatoms. The fourth-order valence-electron chi connectivity index (χ4n) is 3.50. The first-order valence-corrected chi connectivity index (χ1v) is 11.5. The lowest BCUT2D eigenvalue weighted by atomic mass is 9.92. The zero-order chi connectivity index (χ0) is 25.9. The van der Waals surface area contributed by atoms with Crippen LogP contribution in [-0.2, 0) is 12.0 Å². The molecular formula is C27H29FN6O2. The number of pyridine rings is 1. The summed E-state index contributed by atoms with van der Waals surface area (Å²) in [5, 5.41) is 10.0. The van der Waals surface area contributed by atoms with Gasteiger partial charge in [-0.2, -0.15) is 5.10 Å². The number of nitrogens with two attached hydrogens (primary N) is 1. The summed E-state index contributed by atoms with van der Waals surface area (Å²) >= 11 is 0. The van der Waals surface area contributed by atoms with E-state index in [-0.39, 0.29) is 11.1 Å². The van der Waals surface area contributed by atoms with Crippen LogP contribution in [0.15, 0.2) is 66.9 Å². The SMILES string of the molecule is Cc1cc(Oc2ccc(NC(=O)Nc3cc(C(C)(C)C)nn3-c3cccc(CN)c3)c(F)c2)ccn1. The highest BCUT2D eigenvalue weighted by atomic mass is 19.1. The summed E-state index contributed by atoms with van der Waals surface area (Å²) < 4.78 is 22.1. The molecule has 0 saturated carbocycles. The smallest absolute Gasteiger partial charge is 0.324 e. The lowest BCUT2D eigenvalue weighted by Gasteiger charge is -2.14. The fourth-order valence-corrected chi connectivity index (χ4v) is 3.50. The number of rotatable bonds is 6. The Morgan fingerprint density at radius 3 is 2.53 bits per heavy atom. The van der Waals surface area contributed by atoms with Crippen molar-refractivity contribution in [3.8, 4) is 17.2 Å². The molecule has 0 bridgehead atoms. The molecule has 0 saturated heterocycles. The number of urea groups is 1. The number of halogens is 1. The van der Waals surface area contributed by atoms with Gasteiger partial charge in [-0.1, -0.05) is 32.9 Å². The number of carbonyl (C=O) groups is 1. The highest BCUT2D eigenvalue weighted by Crippen LogP contribution is 2.28. The average molecular weight is 489 g/mol. The van der Waals surface area contributed by atoms with Crippen molar-refractivity contribution in [3.05, 3.63) is 89.6 Å². The summed E-state index contributed by atoms with van der Waals surface area (Å²) in [4.78, 5) is 16.9. The van der Waals surface area contributed by atoms with Crippen molar-refractivity contribution in [1.29, 1.82) is 0 Å². The van der Waals surface area contributed by atoms with E-state index in [9.17, 15) is 9.18 Å². The lowest BCUT2D eigenvalue weighted by molar-refractivity contribution is 0.262. The maximum atomic E-state index is 14.8. The van der Waals surface area contributed by atoms with E-state index in [1.54, 1.807) is 35.1 Å². The molecular weight excluding hydrogens is 459 g/mol. The first-order valence-electron chi connectivity index (χ1n) is 11.5. The third-order valence-electron chi connectivity index (χ3n) is 5.40. The van der Waals surface area contributed by atoms with Crippen molar-refractivity contribution in [1.82, 2.24) is 14.8 Å². The molecule has 4 rings (SSSR count). The molecule has 186 valence electrons. The molecule has 8 nitrogen and oxygen atoms in total. The molecule has 4 aromatic rings. The first kappa shape index (κ1) is 24.9. The van der Waals surface area contributed by atoms with Gasteiger partial charge in [0, 0.05) is 42.0 Å². The van der Waals surface area contributed by atoms with Gasteiger partial charge in [0.2, 0.25) is 0 Å². The van der Waals surface area contributed by atoms with Crippen molar-refractivity contribution in [2.45, 2.75) is 39.7 Å². The highest BCUT2D eigenvalue weighted by Gasteiger charge is 2.22. The number of ether oxygens (including phenoxy) is 1. The first-order chi connectivity index (χ1) is 17.1. The van der Waals surface area contributed by atoms with Crippen molar-refractivity contribution in [2.24, 2.45) is 5.73 Å². The van der Waals surface area contributed by atoms with Crippen molar-refractivity contribution in [3.63, 3.8) is 0 Å². The second kappa shape index (κ2) is 10.2. The molecule has 0 aliphatic rings. The fraction of sp³-hybridized carbons (Fsp3) is 0.222. The molecule has 2 aromatic heterocycles. The zero-order valence-electron chi connectivity index (χ0n) is 20.7. The normalized spacial score (nSPS) is 11.3. The standard InChI is InChI=1S/C27H29FN6O2/c1-17-12-21(10-11-30-17)36-20-8-9-23(22(28)14-20)31-26(35)32-25-15-24(27(2,3)4)33-34(25)19-7-5-6-18(13-19)16-29/h5-15H,16,29H2,1-4H3,(H2,31,32,35). The molecule has 0 atom stereocenters. The summed E-state index contributed by atoms with van der Waals surface area (Å²) in [5.74, 6) is 0.659.